The molecule has 5 rings (SSSR count). The van der Waals surface area contributed by atoms with Crippen molar-refractivity contribution in [3.8, 4) is 5.75 Å². The van der Waals surface area contributed by atoms with Gasteiger partial charge in [-0.3, -0.25) is 9.69 Å². The number of rotatable bonds is 4. The van der Waals surface area contributed by atoms with Gasteiger partial charge in [-0.25, -0.2) is 0 Å². The van der Waals surface area contributed by atoms with Crippen LogP contribution in [-0.2, 0) is 14.3 Å². The van der Waals surface area contributed by atoms with E-state index in [4.69, 9.17) is 14.2 Å². The number of amides is 1. The number of para-hydroxylation sites is 1. The van der Waals surface area contributed by atoms with E-state index in [-0.39, 0.29) is 17.9 Å². The zero-order chi connectivity index (χ0) is 20.5. The number of hydrogen-bond acceptors (Lipinski definition) is 5. The van der Waals surface area contributed by atoms with Crippen LogP contribution in [0.25, 0.3) is 0 Å². The van der Waals surface area contributed by atoms with E-state index >= 15 is 0 Å². The summed E-state index contributed by atoms with van der Waals surface area (Å²) in [6.45, 7) is 5.87. The second-order valence-electron chi connectivity index (χ2n) is 9.33. The first-order valence-electron chi connectivity index (χ1n) is 11.6. The lowest BCUT2D eigenvalue weighted by atomic mass is 9.84. The Morgan fingerprint density at radius 2 is 1.90 bits per heavy atom. The van der Waals surface area contributed by atoms with Crippen LogP contribution in [0.1, 0.15) is 37.3 Å². The number of methoxy groups -OCH3 is 1. The van der Waals surface area contributed by atoms with E-state index in [9.17, 15) is 4.79 Å². The first kappa shape index (κ1) is 20.3. The Labute approximate surface area is 179 Å². The fourth-order valence-electron chi connectivity index (χ4n) is 5.93. The van der Waals surface area contributed by atoms with Crippen LogP contribution < -0.4 is 4.74 Å². The Morgan fingerprint density at radius 3 is 2.67 bits per heavy atom. The van der Waals surface area contributed by atoms with Gasteiger partial charge in [-0.2, -0.15) is 0 Å². The minimum atomic E-state index is 0.0160. The Balaban J connectivity index is 1.36. The van der Waals surface area contributed by atoms with Crippen molar-refractivity contribution in [2.75, 3.05) is 53.1 Å². The Morgan fingerprint density at radius 1 is 1.13 bits per heavy atom. The van der Waals surface area contributed by atoms with Gasteiger partial charge in [0.15, 0.2) is 0 Å². The Bertz CT molecular complexity index is 742. The molecule has 1 amide bonds. The molecule has 0 aromatic heterocycles. The minimum Gasteiger partial charge on any atom is -0.493 e. The van der Waals surface area contributed by atoms with Crippen molar-refractivity contribution < 1.29 is 19.0 Å². The molecule has 4 aliphatic heterocycles. The van der Waals surface area contributed by atoms with Crippen molar-refractivity contribution in [3.05, 3.63) is 29.8 Å². The number of hydrogen-bond donors (Lipinski definition) is 0. The molecule has 0 unspecified atom stereocenters. The quantitative estimate of drug-likeness (QED) is 0.758. The molecule has 0 N–H and O–H groups in total. The summed E-state index contributed by atoms with van der Waals surface area (Å²) < 4.78 is 17.2. The summed E-state index contributed by atoms with van der Waals surface area (Å²) in [6, 6.07) is 8.69. The van der Waals surface area contributed by atoms with Crippen molar-refractivity contribution in [1.82, 2.24) is 9.80 Å². The molecule has 0 spiro atoms. The van der Waals surface area contributed by atoms with Gasteiger partial charge in [0.2, 0.25) is 5.91 Å². The summed E-state index contributed by atoms with van der Waals surface area (Å²) in [5, 5.41) is 0. The summed E-state index contributed by atoms with van der Waals surface area (Å²) in [7, 11) is 1.77. The maximum Gasteiger partial charge on any atom is 0.227 e. The van der Waals surface area contributed by atoms with E-state index in [2.05, 4.69) is 28.0 Å². The molecule has 0 radical (unpaired) electrons. The molecule has 3 saturated heterocycles. The topological polar surface area (TPSA) is 51.2 Å². The average molecular weight is 415 g/mol. The number of likely N-dealkylation sites (tertiary alicyclic amines) is 2. The molecule has 0 saturated carbocycles. The number of ether oxygens (including phenoxy) is 3. The highest BCUT2D eigenvalue weighted by Crippen LogP contribution is 2.48. The molecule has 4 heterocycles. The first-order chi connectivity index (χ1) is 14.7. The second-order valence-corrected chi connectivity index (χ2v) is 9.33. The molecule has 30 heavy (non-hydrogen) atoms. The van der Waals surface area contributed by atoms with Crippen molar-refractivity contribution >= 4 is 5.91 Å². The van der Waals surface area contributed by atoms with Crippen molar-refractivity contribution in [2.45, 2.75) is 37.8 Å². The first-order valence-corrected chi connectivity index (χ1v) is 11.6. The summed E-state index contributed by atoms with van der Waals surface area (Å²) in [4.78, 5) is 18.3. The number of nitrogens with zero attached hydrogens (tertiary/aromatic N) is 2. The molecular formula is C24H34N2O4. The number of carbonyl (C=O) groups excluding carboxylic acids is 1. The van der Waals surface area contributed by atoms with E-state index in [1.807, 2.05) is 6.07 Å². The van der Waals surface area contributed by atoms with Gasteiger partial charge in [0, 0.05) is 64.0 Å². The van der Waals surface area contributed by atoms with E-state index < -0.39 is 0 Å². The third kappa shape index (κ3) is 3.85. The molecule has 1 aromatic rings. The summed E-state index contributed by atoms with van der Waals surface area (Å²) >= 11 is 0. The largest absolute Gasteiger partial charge is 0.493 e. The fraction of sp³-hybridized carbons (Fsp3) is 0.708. The average Bonchev–Trinajstić information content (AvgIpc) is 3.18. The van der Waals surface area contributed by atoms with Crippen LogP contribution in [-0.4, -0.2) is 74.9 Å². The molecule has 1 aromatic carbocycles. The molecule has 3 fully saturated rings. The molecule has 0 aliphatic carbocycles. The number of benzene rings is 1. The molecule has 4 aliphatic rings. The van der Waals surface area contributed by atoms with Crippen LogP contribution >= 0.6 is 0 Å². The smallest absolute Gasteiger partial charge is 0.227 e. The normalized spacial score (nSPS) is 30.6. The third-order valence-electron chi connectivity index (χ3n) is 7.65. The molecule has 6 nitrogen and oxygen atoms in total. The van der Waals surface area contributed by atoms with Crippen LogP contribution in [0.3, 0.4) is 0 Å². The molecule has 3 atom stereocenters. The van der Waals surface area contributed by atoms with Gasteiger partial charge >= 0.3 is 0 Å². The predicted molar refractivity (Wildman–Crippen MR) is 113 cm³/mol. The summed E-state index contributed by atoms with van der Waals surface area (Å²) in [5.74, 6) is 2.21. The lowest BCUT2D eigenvalue weighted by Crippen LogP contribution is -2.46. The molecule has 0 bridgehead atoms. The highest BCUT2D eigenvalue weighted by Gasteiger charge is 2.50. The van der Waals surface area contributed by atoms with Gasteiger partial charge in [0.1, 0.15) is 5.75 Å². The van der Waals surface area contributed by atoms with Crippen molar-refractivity contribution in [3.63, 3.8) is 0 Å². The van der Waals surface area contributed by atoms with Crippen LogP contribution in [0.2, 0.25) is 0 Å². The third-order valence-corrected chi connectivity index (χ3v) is 7.65. The van der Waals surface area contributed by atoms with Gasteiger partial charge in [-0.1, -0.05) is 18.2 Å². The van der Waals surface area contributed by atoms with E-state index in [0.29, 0.717) is 24.5 Å². The number of fused-ring (bicyclic) bond motifs is 3. The lowest BCUT2D eigenvalue weighted by Gasteiger charge is -2.37. The lowest BCUT2D eigenvalue weighted by molar-refractivity contribution is -0.139. The Hall–Kier alpha value is -1.63. The zero-order valence-corrected chi connectivity index (χ0v) is 18.0. The van der Waals surface area contributed by atoms with Crippen LogP contribution in [0.4, 0.5) is 0 Å². The number of carbonyl (C=O) groups is 1. The van der Waals surface area contributed by atoms with E-state index in [1.54, 1.807) is 7.11 Å². The summed E-state index contributed by atoms with van der Waals surface area (Å²) in [6.07, 6.45) is 4.41. The second kappa shape index (κ2) is 8.85. The zero-order valence-electron chi connectivity index (χ0n) is 18.0. The van der Waals surface area contributed by atoms with Crippen molar-refractivity contribution in [2.24, 2.45) is 17.8 Å². The SMILES string of the molecule is COC1CCN(C(=O)[C@@H]2CN(CC3CCOCC3)[C@H]3c4ccccc4OC[C@@H]23)CC1. The Kier molecular flexibility index (Phi) is 5.98. The summed E-state index contributed by atoms with van der Waals surface area (Å²) in [5.41, 5.74) is 1.26. The van der Waals surface area contributed by atoms with Gasteiger partial charge in [-0.05, 0) is 37.7 Å². The van der Waals surface area contributed by atoms with E-state index in [1.165, 1.54) is 5.56 Å². The minimum absolute atomic E-state index is 0.0160. The van der Waals surface area contributed by atoms with Crippen LogP contribution in [0, 0.1) is 17.8 Å². The van der Waals surface area contributed by atoms with Crippen LogP contribution in [0.15, 0.2) is 24.3 Å². The van der Waals surface area contributed by atoms with Gasteiger partial charge in [0.25, 0.3) is 0 Å². The molecular weight excluding hydrogens is 380 g/mol. The van der Waals surface area contributed by atoms with E-state index in [0.717, 1.165) is 70.8 Å². The maximum atomic E-state index is 13.6. The fourth-order valence-corrected chi connectivity index (χ4v) is 5.93. The number of piperidine rings is 1. The molecule has 6 heteroatoms. The van der Waals surface area contributed by atoms with Gasteiger partial charge < -0.3 is 19.1 Å². The predicted octanol–water partition coefficient (Wildman–Crippen LogP) is 2.73. The van der Waals surface area contributed by atoms with Gasteiger partial charge in [-0.15, -0.1) is 0 Å². The monoisotopic (exact) mass is 414 g/mol. The highest BCUT2D eigenvalue weighted by molar-refractivity contribution is 5.80. The van der Waals surface area contributed by atoms with Crippen molar-refractivity contribution in [1.29, 1.82) is 0 Å². The maximum absolute atomic E-state index is 13.6. The molecule has 164 valence electrons. The van der Waals surface area contributed by atoms with Gasteiger partial charge in [0.05, 0.1) is 18.6 Å². The highest BCUT2D eigenvalue weighted by atomic mass is 16.5. The standard InChI is InChI=1S/C24H34N2O4/c1-28-18-6-10-25(11-7-18)24(27)20-15-26(14-17-8-12-29-13-9-17)23-19-4-2-3-5-22(19)30-16-21(20)23/h2-5,17-18,20-21,23H,6-16H2,1H3/t20-,21+,23+/m1/s1. The van der Waals surface area contributed by atoms with Crippen LogP contribution in [0.5, 0.6) is 5.75 Å².